The maximum absolute atomic E-state index is 12.6. The molecule has 0 spiro atoms. The van der Waals surface area contributed by atoms with Gasteiger partial charge in [-0.1, -0.05) is 0 Å². The van der Waals surface area contributed by atoms with Crippen LogP contribution in [0.1, 0.15) is 27.7 Å². The predicted molar refractivity (Wildman–Crippen MR) is 75.9 cm³/mol. The van der Waals surface area contributed by atoms with Gasteiger partial charge in [0.25, 0.3) is 0 Å². The molecular weight excluding hydrogens is 258 g/mol. The van der Waals surface area contributed by atoms with Crippen LogP contribution in [0.2, 0.25) is 0 Å². The van der Waals surface area contributed by atoms with Crippen LogP contribution in [0.25, 0.3) is 0 Å². The predicted octanol–water partition coefficient (Wildman–Crippen LogP) is 0.182. The van der Waals surface area contributed by atoms with Gasteiger partial charge in [0.2, 0.25) is 18.2 Å². The first-order chi connectivity index (χ1) is 9.38. The summed E-state index contributed by atoms with van der Waals surface area (Å²) in [6.45, 7) is 10.4. The third-order valence-electron chi connectivity index (χ3n) is 3.87. The van der Waals surface area contributed by atoms with E-state index in [1.165, 1.54) is 0 Å². The zero-order chi connectivity index (χ0) is 15.3. The molecule has 0 atom stereocenters. The van der Waals surface area contributed by atoms with Gasteiger partial charge in [-0.25, -0.2) is 0 Å². The highest BCUT2D eigenvalue weighted by molar-refractivity contribution is 6.04. The Morgan fingerprint density at radius 3 is 2.00 bits per heavy atom. The molecule has 0 aliphatic carbocycles. The average Bonchev–Trinajstić information content (AvgIpc) is 2.47. The molecule has 1 fully saturated rings. The van der Waals surface area contributed by atoms with Gasteiger partial charge < -0.3 is 14.7 Å². The lowest BCUT2D eigenvalue weighted by Gasteiger charge is -2.38. The zero-order valence-corrected chi connectivity index (χ0v) is 12.9. The maximum Gasteiger partial charge on any atom is 0.237 e. The molecule has 114 valence electrons. The van der Waals surface area contributed by atoms with Crippen LogP contribution in [0.4, 0.5) is 0 Å². The minimum absolute atomic E-state index is 0.134. The lowest BCUT2D eigenvalue weighted by Crippen LogP contribution is -2.55. The summed E-state index contributed by atoms with van der Waals surface area (Å²) in [5.41, 5.74) is -1.05. The van der Waals surface area contributed by atoms with Crippen LogP contribution < -0.4 is 0 Å². The van der Waals surface area contributed by atoms with Gasteiger partial charge in [0, 0.05) is 39.3 Å². The lowest BCUT2D eigenvalue weighted by atomic mass is 9.89. The van der Waals surface area contributed by atoms with E-state index in [1.54, 1.807) is 28.5 Å². The highest BCUT2D eigenvalue weighted by Gasteiger charge is 2.41. The minimum atomic E-state index is -1.05. The quantitative estimate of drug-likeness (QED) is 0.534. The Balaban J connectivity index is 2.74. The summed E-state index contributed by atoms with van der Waals surface area (Å²) in [6.07, 6.45) is 0.800. The average molecular weight is 283 g/mol. The van der Waals surface area contributed by atoms with Crippen molar-refractivity contribution in [3.8, 4) is 0 Å². The summed E-state index contributed by atoms with van der Waals surface area (Å²) in [6, 6.07) is 0. The monoisotopic (exact) mass is 283 g/mol. The summed E-state index contributed by atoms with van der Waals surface area (Å²) in [7, 11) is 0. The van der Waals surface area contributed by atoms with E-state index in [-0.39, 0.29) is 11.8 Å². The molecule has 0 unspecified atom stereocenters. The van der Waals surface area contributed by atoms with Gasteiger partial charge in [-0.3, -0.25) is 14.4 Å². The second-order valence-corrected chi connectivity index (χ2v) is 5.54. The Labute approximate surface area is 120 Å². The Morgan fingerprint density at radius 1 is 1.10 bits per heavy atom. The van der Waals surface area contributed by atoms with E-state index in [4.69, 9.17) is 0 Å². The van der Waals surface area contributed by atoms with Crippen LogP contribution in [0.15, 0.2) is 0 Å². The highest BCUT2D eigenvalue weighted by atomic mass is 16.2. The molecule has 0 aromatic rings. The van der Waals surface area contributed by atoms with Gasteiger partial charge in [-0.05, 0) is 27.7 Å². The number of nitrogens with zero attached hydrogens (tertiary/aromatic N) is 3. The fourth-order valence-electron chi connectivity index (χ4n) is 2.42. The number of rotatable bonds is 5. The van der Waals surface area contributed by atoms with E-state index in [2.05, 4.69) is 0 Å². The van der Waals surface area contributed by atoms with Crippen molar-refractivity contribution in [2.45, 2.75) is 27.7 Å². The van der Waals surface area contributed by atoms with E-state index >= 15 is 0 Å². The number of carbonyl (C=O) groups excluding carboxylic acids is 3. The summed E-state index contributed by atoms with van der Waals surface area (Å²) in [5, 5.41) is 0. The Hall–Kier alpha value is -1.59. The molecule has 0 bridgehead atoms. The molecule has 20 heavy (non-hydrogen) atoms. The molecule has 0 radical (unpaired) electrons. The highest BCUT2D eigenvalue weighted by Crippen LogP contribution is 2.23. The van der Waals surface area contributed by atoms with Crippen molar-refractivity contribution in [1.82, 2.24) is 14.7 Å². The molecule has 0 saturated carbocycles. The van der Waals surface area contributed by atoms with E-state index in [1.807, 2.05) is 13.8 Å². The molecule has 6 heteroatoms. The maximum atomic E-state index is 12.6. The molecular formula is C14H25N3O3. The van der Waals surface area contributed by atoms with Crippen molar-refractivity contribution in [1.29, 1.82) is 0 Å². The Bertz CT molecular complexity index is 370. The van der Waals surface area contributed by atoms with Crippen LogP contribution in [0.3, 0.4) is 0 Å². The fraction of sp³-hybridized carbons (Fsp3) is 0.786. The van der Waals surface area contributed by atoms with Crippen molar-refractivity contribution in [2.75, 3.05) is 39.3 Å². The number of carbonyl (C=O) groups is 3. The summed E-state index contributed by atoms with van der Waals surface area (Å²) in [4.78, 5) is 40.7. The summed E-state index contributed by atoms with van der Waals surface area (Å²) in [5.74, 6) is -0.287. The van der Waals surface area contributed by atoms with Crippen molar-refractivity contribution >= 4 is 18.2 Å². The molecule has 0 aromatic heterocycles. The fourth-order valence-corrected chi connectivity index (χ4v) is 2.42. The number of piperazine rings is 1. The van der Waals surface area contributed by atoms with Gasteiger partial charge in [-0.15, -0.1) is 0 Å². The number of hydrogen-bond donors (Lipinski definition) is 0. The van der Waals surface area contributed by atoms with Crippen molar-refractivity contribution < 1.29 is 14.4 Å². The summed E-state index contributed by atoms with van der Waals surface area (Å²) < 4.78 is 0. The second-order valence-electron chi connectivity index (χ2n) is 5.54. The first-order valence-electron chi connectivity index (χ1n) is 7.16. The Morgan fingerprint density at radius 2 is 1.60 bits per heavy atom. The SMILES string of the molecule is CCN(CC)C(=O)C(C)(C)C(=O)N1CCN(C=O)CC1. The van der Waals surface area contributed by atoms with Crippen LogP contribution in [-0.4, -0.2) is 72.2 Å². The molecule has 1 heterocycles. The molecule has 0 N–H and O–H groups in total. The van der Waals surface area contributed by atoms with Gasteiger partial charge in [0.15, 0.2) is 0 Å². The molecule has 1 rings (SSSR count). The Kier molecular flexibility index (Phi) is 5.53. The molecule has 1 aliphatic heterocycles. The smallest absolute Gasteiger partial charge is 0.237 e. The number of hydrogen-bond acceptors (Lipinski definition) is 3. The third kappa shape index (κ3) is 3.29. The van der Waals surface area contributed by atoms with Crippen LogP contribution in [0.5, 0.6) is 0 Å². The van der Waals surface area contributed by atoms with Gasteiger partial charge >= 0.3 is 0 Å². The van der Waals surface area contributed by atoms with E-state index in [0.717, 1.165) is 6.41 Å². The van der Waals surface area contributed by atoms with Gasteiger partial charge in [0.05, 0.1) is 0 Å². The largest absolute Gasteiger partial charge is 0.342 e. The standard InChI is InChI=1S/C14H25N3O3/c1-5-16(6-2)12(19)14(3,4)13(20)17-9-7-15(11-18)8-10-17/h11H,5-10H2,1-4H3. The van der Waals surface area contributed by atoms with Gasteiger partial charge in [0.1, 0.15) is 5.41 Å². The first kappa shape index (κ1) is 16.5. The third-order valence-corrected chi connectivity index (χ3v) is 3.87. The van der Waals surface area contributed by atoms with Crippen LogP contribution >= 0.6 is 0 Å². The van der Waals surface area contributed by atoms with E-state index < -0.39 is 5.41 Å². The lowest BCUT2D eigenvalue weighted by molar-refractivity contribution is -0.155. The van der Waals surface area contributed by atoms with Crippen molar-refractivity contribution in [3.05, 3.63) is 0 Å². The van der Waals surface area contributed by atoms with Crippen molar-refractivity contribution in [2.24, 2.45) is 5.41 Å². The topological polar surface area (TPSA) is 60.9 Å². The molecule has 1 aliphatic rings. The van der Waals surface area contributed by atoms with Crippen LogP contribution in [0, 0.1) is 5.41 Å². The number of amides is 3. The summed E-state index contributed by atoms with van der Waals surface area (Å²) >= 11 is 0. The first-order valence-corrected chi connectivity index (χ1v) is 7.16. The van der Waals surface area contributed by atoms with Gasteiger partial charge in [-0.2, -0.15) is 0 Å². The van der Waals surface area contributed by atoms with Crippen LogP contribution in [-0.2, 0) is 14.4 Å². The van der Waals surface area contributed by atoms with E-state index in [9.17, 15) is 14.4 Å². The second kappa shape index (κ2) is 6.72. The molecule has 6 nitrogen and oxygen atoms in total. The normalized spacial score (nSPS) is 16.0. The molecule has 1 saturated heterocycles. The minimum Gasteiger partial charge on any atom is -0.342 e. The van der Waals surface area contributed by atoms with E-state index in [0.29, 0.717) is 39.3 Å². The zero-order valence-electron chi connectivity index (χ0n) is 12.9. The molecule has 3 amide bonds. The molecule has 0 aromatic carbocycles. The van der Waals surface area contributed by atoms with Crippen molar-refractivity contribution in [3.63, 3.8) is 0 Å².